The molecule has 1 heterocycles. The first kappa shape index (κ1) is 11.7. The number of methoxy groups -OCH3 is 1. The van der Waals surface area contributed by atoms with Crippen LogP contribution in [0.3, 0.4) is 0 Å². The van der Waals surface area contributed by atoms with Gasteiger partial charge in [-0.2, -0.15) is 0 Å². The minimum atomic E-state index is -0.00545. The molecule has 0 unspecified atom stereocenters. The minimum Gasteiger partial charge on any atom is -0.497 e. The van der Waals surface area contributed by atoms with Crippen molar-refractivity contribution in [1.82, 2.24) is 4.98 Å². The molecule has 0 saturated carbocycles. The molecule has 3 rings (SSSR count). The topological polar surface area (TPSA) is 55.5 Å². The average Bonchev–Trinajstić information content (AvgIpc) is 2.90. The van der Waals surface area contributed by atoms with Crippen LogP contribution in [0.25, 0.3) is 22.6 Å². The van der Waals surface area contributed by atoms with Crippen molar-refractivity contribution in [2.24, 2.45) is 0 Å². The van der Waals surface area contributed by atoms with Gasteiger partial charge in [0.1, 0.15) is 11.3 Å². The van der Waals surface area contributed by atoms with Gasteiger partial charge in [-0.25, -0.2) is 4.98 Å². The molecule has 0 radical (unpaired) electrons. The molecular formula is C15H13NO3. The average molecular weight is 255 g/mol. The summed E-state index contributed by atoms with van der Waals surface area (Å²) in [6.45, 7) is -0.00545. The molecule has 1 aromatic heterocycles. The van der Waals surface area contributed by atoms with Gasteiger partial charge in [0.25, 0.3) is 0 Å². The Hall–Kier alpha value is -2.33. The van der Waals surface area contributed by atoms with Crippen molar-refractivity contribution in [2.75, 3.05) is 7.11 Å². The standard InChI is InChI=1S/C15H13NO3/c1-18-12-5-3-11(4-6-12)15-16-13-7-2-10(9-17)8-14(13)19-15/h2-8,17H,9H2,1H3. The number of fused-ring (bicyclic) bond motifs is 1. The Balaban J connectivity index is 2.04. The lowest BCUT2D eigenvalue weighted by Crippen LogP contribution is -1.82. The second-order valence-corrected chi connectivity index (χ2v) is 4.21. The molecule has 3 aromatic rings. The van der Waals surface area contributed by atoms with Gasteiger partial charge in [0.2, 0.25) is 5.89 Å². The van der Waals surface area contributed by atoms with E-state index in [1.54, 1.807) is 13.2 Å². The Morgan fingerprint density at radius 3 is 2.63 bits per heavy atom. The fourth-order valence-corrected chi connectivity index (χ4v) is 1.92. The molecule has 4 nitrogen and oxygen atoms in total. The van der Waals surface area contributed by atoms with Crippen LogP contribution in [0.5, 0.6) is 5.75 Å². The predicted molar refractivity (Wildman–Crippen MR) is 71.9 cm³/mol. The Labute approximate surface area is 110 Å². The van der Waals surface area contributed by atoms with Crippen molar-refractivity contribution in [2.45, 2.75) is 6.61 Å². The summed E-state index contributed by atoms with van der Waals surface area (Å²) in [6.07, 6.45) is 0. The maximum atomic E-state index is 9.10. The van der Waals surface area contributed by atoms with E-state index in [2.05, 4.69) is 4.98 Å². The first-order valence-corrected chi connectivity index (χ1v) is 5.95. The van der Waals surface area contributed by atoms with E-state index in [4.69, 9.17) is 14.3 Å². The van der Waals surface area contributed by atoms with E-state index >= 15 is 0 Å². The smallest absolute Gasteiger partial charge is 0.227 e. The second kappa shape index (κ2) is 4.74. The maximum Gasteiger partial charge on any atom is 0.227 e. The fourth-order valence-electron chi connectivity index (χ4n) is 1.92. The van der Waals surface area contributed by atoms with Crippen molar-refractivity contribution >= 4 is 11.1 Å². The zero-order chi connectivity index (χ0) is 13.2. The van der Waals surface area contributed by atoms with E-state index in [-0.39, 0.29) is 6.61 Å². The van der Waals surface area contributed by atoms with Crippen LogP contribution < -0.4 is 4.74 Å². The van der Waals surface area contributed by atoms with Crippen molar-refractivity contribution in [3.63, 3.8) is 0 Å². The highest BCUT2D eigenvalue weighted by Gasteiger charge is 2.08. The number of ether oxygens (including phenoxy) is 1. The van der Waals surface area contributed by atoms with E-state index in [9.17, 15) is 0 Å². The van der Waals surface area contributed by atoms with Gasteiger partial charge in [-0.15, -0.1) is 0 Å². The number of aromatic nitrogens is 1. The third-order valence-electron chi connectivity index (χ3n) is 2.97. The SMILES string of the molecule is COc1ccc(-c2nc3ccc(CO)cc3o2)cc1. The summed E-state index contributed by atoms with van der Waals surface area (Å²) in [5, 5.41) is 9.10. The van der Waals surface area contributed by atoms with E-state index in [1.807, 2.05) is 36.4 Å². The number of rotatable bonds is 3. The van der Waals surface area contributed by atoms with Gasteiger partial charge in [-0.3, -0.25) is 0 Å². The van der Waals surface area contributed by atoms with Crippen LogP contribution in [0.1, 0.15) is 5.56 Å². The molecular weight excluding hydrogens is 242 g/mol. The molecule has 0 aliphatic rings. The molecule has 0 amide bonds. The number of hydrogen-bond donors (Lipinski definition) is 1. The van der Waals surface area contributed by atoms with Crippen LogP contribution in [-0.2, 0) is 6.61 Å². The molecule has 0 bridgehead atoms. The third-order valence-corrected chi connectivity index (χ3v) is 2.97. The van der Waals surface area contributed by atoms with Crippen molar-refractivity contribution in [1.29, 1.82) is 0 Å². The Kier molecular flexibility index (Phi) is 2.93. The highest BCUT2D eigenvalue weighted by Crippen LogP contribution is 2.26. The van der Waals surface area contributed by atoms with Crippen molar-refractivity contribution in [3.8, 4) is 17.2 Å². The number of hydrogen-bond acceptors (Lipinski definition) is 4. The molecule has 1 N–H and O–H groups in total. The summed E-state index contributed by atoms with van der Waals surface area (Å²) < 4.78 is 10.8. The normalized spacial score (nSPS) is 10.8. The number of aliphatic hydroxyl groups is 1. The predicted octanol–water partition coefficient (Wildman–Crippen LogP) is 3.00. The number of oxazole rings is 1. The van der Waals surface area contributed by atoms with Gasteiger partial charge in [0, 0.05) is 5.56 Å². The summed E-state index contributed by atoms with van der Waals surface area (Å²) in [4.78, 5) is 4.42. The van der Waals surface area contributed by atoms with E-state index in [0.717, 1.165) is 22.4 Å². The fraction of sp³-hybridized carbons (Fsp3) is 0.133. The molecule has 0 fully saturated rings. The van der Waals surface area contributed by atoms with Crippen LogP contribution in [-0.4, -0.2) is 17.2 Å². The quantitative estimate of drug-likeness (QED) is 0.781. The Morgan fingerprint density at radius 2 is 1.95 bits per heavy atom. The van der Waals surface area contributed by atoms with E-state index in [0.29, 0.717) is 11.5 Å². The Bertz CT molecular complexity index is 701. The van der Waals surface area contributed by atoms with Crippen molar-refractivity contribution < 1.29 is 14.3 Å². The van der Waals surface area contributed by atoms with Crippen LogP contribution in [0.4, 0.5) is 0 Å². The zero-order valence-electron chi connectivity index (χ0n) is 10.5. The zero-order valence-corrected chi connectivity index (χ0v) is 10.5. The lowest BCUT2D eigenvalue weighted by Gasteiger charge is -1.99. The third kappa shape index (κ3) is 2.18. The summed E-state index contributed by atoms with van der Waals surface area (Å²) >= 11 is 0. The van der Waals surface area contributed by atoms with Crippen LogP contribution >= 0.6 is 0 Å². The molecule has 0 atom stereocenters. The number of aliphatic hydroxyl groups excluding tert-OH is 1. The molecule has 4 heteroatoms. The van der Waals surface area contributed by atoms with Gasteiger partial charge < -0.3 is 14.3 Å². The second-order valence-electron chi connectivity index (χ2n) is 4.21. The molecule has 0 aliphatic carbocycles. The first-order chi connectivity index (χ1) is 9.30. The van der Waals surface area contributed by atoms with Crippen molar-refractivity contribution in [3.05, 3.63) is 48.0 Å². The molecule has 2 aromatic carbocycles. The van der Waals surface area contributed by atoms with Crippen LogP contribution in [0, 0.1) is 0 Å². The van der Waals surface area contributed by atoms with Gasteiger partial charge in [0.05, 0.1) is 13.7 Å². The summed E-state index contributed by atoms with van der Waals surface area (Å²) in [5.74, 6) is 1.36. The maximum absolute atomic E-state index is 9.10. The number of nitrogens with zero attached hydrogens (tertiary/aromatic N) is 1. The monoisotopic (exact) mass is 255 g/mol. The Morgan fingerprint density at radius 1 is 1.16 bits per heavy atom. The largest absolute Gasteiger partial charge is 0.497 e. The molecule has 0 saturated heterocycles. The molecule has 0 spiro atoms. The molecule has 96 valence electrons. The highest BCUT2D eigenvalue weighted by atomic mass is 16.5. The lowest BCUT2D eigenvalue weighted by molar-refractivity contribution is 0.282. The lowest BCUT2D eigenvalue weighted by atomic mass is 10.2. The van der Waals surface area contributed by atoms with Gasteiger partial charge in [-0.05, 0) is 42.0 Å². The van der Waals surface area contributed by atoms with E-state index < -0.39 is 0 Å². The molecule has 19 heavy (non-hydrogen) atoms. The minimum absolute atomic E-state index is 0.00545. The summed E-state index contributed by atoms with van der Waals surface area (Å²) in [7, 11) is 1.63. The van der Waals surface area contributed by atoms with Gasteiger partial charge in [0.15, 0.2) is 5.58 Å². The van der Waals surface area contributed by atoms with E-state index in [1.165, 1.54) is 0 Å². The van der Waals surface area contributed by atoms with Crippen LogP contribution in [0.2, 0.25) is 0 Å². The number of benzene rings is 2. The summed E-state index contributed by atoms with van der Waals surface area (Å²) in [6, 6.07) is 13.0. The first-order valence-electron chi connectivity index (χ1n) is 5.95. The summed E-state index contributed by atoms with van der Waals surface area (Å²) in [5.41, 5.74) is 3.16. The molecule has 0 aliphatic heterocycles. The van der Waals surface area contributed by atoms with Gasteiger partial charge >= 0.3 is 0 Å². The van der Waals surface area contributed by atoms with Crippen LogP contribution in [0.15, 0.2) is 46.9 Å². The van der Waals surface area contributed by atoms with Gasteiger partial charge in [-0.1, -0.05) is 6.07 Å². The highest BCUT2D eigenvalue weighted by molar-refractivity contribution is 5.76.